The zero-order valence-electron chi connectivity index (χ0n) is 19.9. The van der Waals surface area contributed by atoms with Crippen LogP contribution in [0.5, 0.6) is 11.5 Å². The maximum Gasteiger partial charge on any atom is 0.416 e. The predicted molar refractivity (Wildman–Crippen MR) is 133 cm³/mol. The molecule has 0 radical (unpaired) electrons. The van der Waals surface area contributed by atoms with Crippen LogP contribution >= 0.6 is 0 Å². The fraction of sp³-hybridized carbons (Fsp3) is 0.222. The number of alkyl halides is 3. The van der Waals surface area contributed by atoms with Gasteiger partial charge in [-0.2, -0.15) is 17.5 Å². The van der Waals surface area contributed by atoms with E-state index in [9.17, 15) is 26.4 Å². The van der Waals surface area contributed by atoms with Crippen LogP contribution in [0.15, 0.2) is 88.4 Å². The standard InChI is InChI=1S/C27H23F3N2O5S/c28-27(29,30)20-10-12-21(13-11-20)36-22-7-3-5-18(15-22)17-31-26(33)23-8-4-14-32(23)38(34,35)25-16-19-6-1-2-9-24(19)37-25/h1-3,5-7,9-13,15-16,23H,4,8,14,17H2,(H,31,33)/t23-/m0/s1. The van der Waals surface area contributed by atoms with E-state index in [0.717, 1.165) is 12.1 Å². The van der Waals surface area contributed by atoms with E-state index in [1.807, 2.05) is 0 Å². The third-order valence-corrected chi connectivity index (χ3v) is 8.02. The van der Waals surface area contributed by atoms with Crippen LogP contribution < -0.4 is 10.1 Å². The van der Waals surface area contributed by atoms with Gasteiger partial charge in [0.25, 0.3) is 10.0 Å². The maximum absolute atomic E-state index is 13.3. The summed E-state index contributed by atoms with van der Waals surface area (Å²) < 4.78 is 77.2. The van der Waals surface area contributed by atoms with E-state index in [4.69, 9.17) is 9.15 Å². The molecule has 198 valence electrons. The van der Waals surface area contributed by atoms with Gasteiger partial charge >= 0.3 is 6.18 Å². The summed E-state index contributed by atoms with van der Waals surface area (Å²) in [5, 5.41) is 3.23. The first-order chi connectivity index (χ1) is 18.1. The topological polar surface area (TPSA) is 88.9 Å². The third-order valence-electron chi connectivity index (χ3n) is 6.25. The number of carbonyl (C=O) groups is 1. The van der Waals surface area contributed by atoms with Gasteiger partial charge in [0.15, 0.2) is 0 Å². The fourth-order valence-electron chi connectivity index (χ4n) is 4.36. The molecule has 4 aromatic rings. The van der Waals surface area contributed by atoms with Gasteiger partial charge in [-0.3, -0.25) is 4.79 Å². The normalized spacial score (nSPS) is 16.6. The first-order valence-electron chi connectivity index (χ1n) is 11.8. The van der Waals surface area contributed by atoms with Gasteiger partial charge < -0.3 is 14.5 Å². The van der Waals surface area contributed by atoms with Crippen LogP contribution in [0.3, 0.4) is 0 Å². The first kappa shape index (κ1) is 25.8. The Morgan fingerprint density at radius 2 is 1.76 bits per heavy atom. The number of benzene rings is 3. The molecular formula is C27H23F3N2O5S. The molecule has 1 N–H and O–H groups in total. The van der Waals surface area contributed by atoms with Crippen LogP contribution in [0.1, 0.15) is 24.0 Å². The highest BCUT2D eigenvalue weighted by molar-refractivity contribution is 7.89. The van der Waals surface area contributed by atoms with Gasteiger partial charge in [-0.25, -0.2) is 8.42 Å². The molecule has 3 aromatic carbocycles. The molecule has 0 bridgehead atoms. The van der Waals surface area contributed by atoms with E-state index >= 15 is 0 Å². The molecule has 1 fully saturated rings. The highest BCUT2D eigenvalue weighted by Gasteiger charge is 2.41. The summed E-state index contributed by atoms with van der Waals surface area (Å²) in [6, 6.07) is 18.6. The van der Waals surface area contributed by atoms with Crippen LogP contribution in [-0.2, 0) is 27.5 Å². The number of para-hydroxylation sites is 1. The minimum atomic E-state index is -4.43. The summed E-state index contributed by atoms with van der Waals surface area (Å²) in [5.74, 6) is 0.180. The summed E-state index contributed by atoms with van der Waals surface area (Å²) >= 11 is 0. The van der Waals surface area contributed by atoms with Crippen molar-refractivity contribution in [1.82, 2.24) is 9.62 Å². The Labute approximate surface area is 216 Å². The number of carbonyl (C=O) groups excluding carboxylic acids is 1. The van der Waals surface area contributed by atoms with Gasteiger partial charge in [0.1, 0.15) is 23.1 Å². The Morgan fingerprint density at radius 1 is 1.00 bits per heavy atom. The molecule has 0 aliphatic carbocycles. The van der Waals surface area contributed by atoms with E-state index < -0.39 is 33.7 Å². The van der Waals surface area contributed by atoms with Crippen LogP contribution in [0.4, 0.5) is 13.2 Å². The highest BCUT2D eigenvalue weighted by atomic mass is 32.2. The summed E-state index contributed by atoms with van der Waals surface area (Å²) in [6.45, 7) is 0.311. The molecule has 1 saturated heterocycles. The van der Waals surface area contributed by atoms with Crippen molar-refractivity contribution in [2.45, 2.75) is 36.7 Å². The van der Waals surface area contributed by atoms with E-state index in [1.54, 1.807) is 48.5 Å². The van der Waals surface area contributed by atoms with Crippen LogP contribution in [0.2, 0.25) is 0 Å². The van der Waals surface area contributed by atoms with Gasteiger partial charge in [-0.05, 0) is 60.9 Å². The van der Waals surface area contributed by atoms with Gasteiger partial charge in [-0.15, -0.1) is 0 Å². The second-order valence-corrected chi connectivity index (χ2v) is 10.7. The van der Waals surface area contributed by atoms with Gasteiger partial charge in [0.05, 0.1) is 5.56 Å². The lowest BCUT2D eigenvalue weighted by atomic mass is 10.2. The number of nitrogens with zero attached hydrogens (tertiary/aromatic N) is 1. The second-order valence-electron chi connectivity index (χ2n) is 8.87. The zero-order chi connectivity index (χ0) is 26.9. The number of halogens is 3. The maximum atomic E-state index is 13.3. The van der Waals surface area contributed by atoms with Crippen molar-refractivity contribution in [2.24, 2.45) is 0 Å². The molecule has 7 nitrogen and oxygen atoms in total. The average Bonchev–Trinajstić information content (AvgIpc) is 3.56. The van der Waals surface area contributed by atoms with Crippen molar-refractivity contribution >= 4 is 26.9 Å². The summed E-state index contributed by atoms with van der Waals surface area (Å²) in [6.07, 6.45) is -3.52. The number of sulfonamides is 1. The molecular weight excluding hydrogens is 521 g/mol. The smallest absolute Gasteiger partial charge is 0.416 e. The van der Waals surface area contributed by atoms with Gasteiger partial charge in [-0.1, -0.05) is 30.3 Å². The largest absolute Gasteiger partial charge is 0.457 e. The van der Waals surface area contributed by atoms with E-state index in [-0.39, 0.29) is 23.9 Å². The van der Waals surface area contributed by atoms with Crippen LogP contribution in [0, 0.1) is 0 Å². The van der Waals surface area contributed by atoms with Crippen molar-refractivity contribution in [1.29, 1.82) is 0 Å². The monoisotopic (exact) mass is 544 g/mol. The zero-order valence-corrected chi connectivity index (χ0v) is 20.8. The Balaban J connectivity index is 1.24. The Morgan fingerprint density at radius 3 is 2.50 bits per heavy atom. The fourth-order valence-corrected chi connectivity index (χ4v) is 5.97. The number of hydrogen-bond donors (Lipinski definition) is 1. The lowest BCUT2D eigenvalue weighted by molar-refractivity contribution is -0.137. The molecule has 0 spiro atoms. The number of furan rings is 1. The number of fused-ring (bicyclic) bond motifs is 1. The third kappa shape index (κ3) is 5.39. The summed E-state index contributed by atoms with van der Waals surface area (Å²) in [4.78, 5) is 13.0. The number of nitrogens with one attached hydrogen (secondary N) is 1. The average molecular weight is 545 g/mol. The molecule has 1 aliphatic rings. The Kier molecular flexibility index (Phi) is 6.89. The number of rotatable bonds is 7. The minimum absolute atomic E-state index is 0.109. The minimum Gasteiger partial charge on any atom is -0.457 e. The SMILES string of the molecule is O=C(NCc1cccc(Oc2ccc(C(F)(F)F)cc2)c1)[C@@H]1CCCN1S(=O)(=O)c1cc2ccccc2o1. The first-order valence-corrected chi connectivity index (χ1v) is 13.3. The van der Waals surface area contributed by atoms with Gasteiger partial charge in [0.2, 0.25) is 11.0 Å². The van der Waals surface area contributed by atoms with Crippen LogP contribution in [-0.4, -0.2) is 31.2 Å². The molecule has 1 aliphatic heterocycles. The van der Waals surface area contributed by atoms with Crippen LogP contribution in [0.25, 0.3) is 11.0 Å². The predicted octanol–water partition coefficient (Wildman–Crippen LogP) is 5.71. The highest BCUT2D eigenvalue weighted by Crippen LogP contribution is 2.32. The molecule has 1 aromatic heterocycles. The number of ether oxygens (including phenoxy) is 1. The summed E-state index contributed by atoms with van der Waals surface area (Å²) in [7, 11) is -4.02. The van der Waals surface area contributed by atoms with Crippen molar-refractivity contribution in [3.8, 4) is 11.5 Å². The van der Waals surface area contributed by atoms with Crippen molar-refractivity contribution < 1.29 is 35.5 Å². The van der Waals surface area contributed by atoms with Gasteiger partial charge in [0, 0.05) is 24.5 Å². The van der Waals surface area contributed by atoms with E-state index in [0.29, 0.717) is 35.1 Å². The van der Waals surface area contributed by atoms with E-state index in [2.05, 4.69) is 5.32 Å². The Bertz CT molecular complexity index is 1530. The molecule has 5 rings (SSSR count). The number of hydrogen-bond acceptors (Lipinski definition) is 5. The van der Waals surface area contributed by atoms with Crippen molar-refractivity contribution in [3.05, 3.63) is 90.0 Å². The summed E-state index contributed by atoms with van der Waals surface area (Å²) in [5.41, 5.74) is 0.349. The number of amides is 1. The second kappa shape index (κ2) is 10.1. The molecule has 1 atom stereocenters. The molecule has 0 unspecified atom stereocenters. The van der Waals surface area contributed by atoms with E-state index in [1.165, 1.54) is 22.5 Å². The molecule has 38 heavy (non-hydrogen) atoms. The molecule has 11 heteroatoms. The van der Waals surface area contributed by atoms with Crippen molar-refractivity contribution in [3.63, 3.8) is 0 Å². The molecule has 2 heterocycles. The molecule has 0 saturated carbocycles. The van der Waals surface area contributed by atoms with Crippen molar-refractivity contribution in [2.75, 3.05) is 6.54 Å². The lowest BCUT2D eigenvalue weighted by Gasteiger charge is -2.22. The quantitative estimate of drug-likeness (QED) is 0.322. The Hall–Kier alpha value is -3.83. The molecule has 1 amide bonds. The lowest BCUT2D eigenvalue weighted by Crippen LogP contribution is -2.45.